The van der Waals surface area contributed by atoms with E-state index in [1.165, 1.54) is 44.4 Å². The van der Waals surface area contributed by atoms with Crippen molar-refractivity contribution in [1.29, 1.82) is 5.41 Å². The fraction of sp³-hybridized carbons (Fsp3) is 0.357. The highest BCUT2D eigenvalue weighted by Gasteiger charge is 2.32. The van der Waals surface area contributed by atoms with Crippen molar-refractivity contribution in [2.45, 2.75) is 44.6 Å². The Kier molecular flexibility index (Phi) is 10.5. The SMILES string of the molecule is C=C/C=C\C=C(/C=C)C(CC(C)=O)c1ccccc1.CN(C=N)C1C=C1N1CCCCC1. The Morgan fingerprint density at radius 1 is 1.19 bits per heavy atom. The normalized spacial score (nSPS) is 18.7. The Morgan fingerprint density at radius 3 is 2.44 bits per heavy atom. The van der Waals surface area contributed by atoms with Crippen LogP contribution in [0, 0.1) is 5.41 Å². The lowest BCUT2D eigenvalue weighted by Crippen LogP contribution is -2.31. The molecule has 0 aromatic heterocycles. The van der Waals surface area contributed by atoms with Gasteiger partial charge in [-0.1, -0.05) is 73.9 Å². The molecule has 0 radical (unpaired) electrons. The second-order valence-corrected chi connectivity index (χ2v) is 8.24. The summed E-state index contributed by atoms with van der Waals surface area (Å²) in [5.41, 5.74) is 3.61. The highest BCUT2D eigenvalue weighted by molar-refractivity contribution is 5.77. The van der Waals surface area contributed by atoms with E-state index < -0.39 is 0 Å². The molecule has 0 amide bonds. The van der Waals surface area contributed by atoms with Gasteiger partial charge in [0.05, 0.1) is 12.4 Å². The van der Waals surface area contributed by atoms with Crippen molar-refractivity contribution in [3.8, 4) is 0 Å². The van der Waals surface area contributed by atoms with Crippen LogP contribution >= 0.6 is 0 Å². The maximum atomic E-state index is 11.5. The van der Waals surface area contributed by atoms with Crippen LogP contribution in [0.5, 0.6) is 0 Å². The summed E-state index contributed by atoms with van der Waals surface area (Å²) in [5.74, 6) is 0.236. The molecule has 170 valence electrons. The molecule has 1 aromatic carbocycles. The molecule has 0 bridgehead atoms. The first-order valence-corrected chi connectivity index (χ1v) is 11.4. The van der Waals surface area contributed by atoms with Crippen LogP contribution in [0.15, 0.2) is 91.2 Å². The van der Waals surface area contributed by atoms with Crippen molar-refractivity contribution < 1.29 is 4.79 Å². The molecule has 2 unspecified atom stereocenters. The molecule has 2 atom stereocenters. The minimum Gasteiger partial charge on any atom is -0.373 e. The zero-order valence-corrected chi connectivity index (χ0v) is 19.5. The summed E-state index contributed by atoms with van der Waals surface area (Å²) in [4.78, 5) is 15.9. The molecule has 3 rings (SSSR count). The van der Waals surface area contributed by atoms with Crippen molar-refractivity contribution in [3.63, 3.8) is 0 Å². The van der Waals surface area contributed by atoms with E-state index in [1.54, 1.807) is 13.0 Å². The molecule has 32 heavy (non-hydrogen) atoms. The van der Waals surface area contributed by atoms with E-state index in [-0.39, 0.29) is 11.7 Å². The van der Waals surface area contributed by atoms with Gasteiger partial charge < -0.3 is 9.80 Å². The van der Waals surface area contributed by atoms with Gasteiger partial charge in [0.15, 0.2) is 0 Å². The highest BCUT2D eigenvalue weighted by atomic mass is 16.1. The molecule has 4 nitrogen and oxygen atoms in total. The summed E-state index contributed by atoms with van der Waals surface area (Å²) in [6.07, 6.45) is 17.5. The van der Waals surface area contributed by atoms with Crippen LogP contribution < -0.4 is 0 Å². The lowest BCUT2D eigenvalue weighted by Gasteiger charge is -2.28. The quantitative estimate of drug-likeness (QED) is 0.286. The Balaban J connectivity index is 0.000000242. The van der Waals surface area contributed by atoms with Gasteiger partial charge >= 0.3 is 0 Å². The number of likely N-dealkylation sites (N-methyl/N-ethyl adjacent to an activating group) is 1. The number of hydrogen-bond donors (Lipinski definition) is 1. The van der Waals surface area contributed by atoms with Crippen molar-refractivity contribution in [2.75, 3.05) is 20.1 Å². The van der Waals surface area contributed by atoms with Crippen molar-refractivity contribution >= 4 is 12.1 Å². The summed E-state index contributed by atoms with van der Waals surface area (Å²) in [6, 6.07) is 10.5. The molecule has 1 saturated heterocycles. The van der Waals surface area contributed by atoms with Crippen LogP contribution in [0.25, 0.3) is 0 Å². The number of nitrogens with zero attached hydrogens (tertiary/aromatic N) is 2. The van der Waals surface area contributed by atoms with Crippen LogP contribution in [0.4, 0.5) is 0 Å². The van der Waals surface area contributed by atoms with Gasteiger partial charge in [0.1, 0.15) is 5.78 Å². The van der Waals surface area contributed by atoms with E-state index in [0.717, 1.165) is 11.1 Å². The number of rotatable bonds is 10. The monoisotopic (exact) mass is 431 g/mol. The number of hydrogen-bond acceptors (Lipinski definition) is 3. The van der Waals surface area contributed by atoms with E-state index in [1.807, 2.05) is 66.6 Å². The van der Waals surface area contributed by atoms with E-state index in [9.17, 15) is 4.79 Å². The zero-order chi connectivity index (χ0) is 23.3. The highest BCUT2D eigenvalue weighted by Crippen LogP contribution is 2.31. The first kappa shape index (κ1) is 25.1. The molecular weight excluding hydrogens is 394 g/mol. The van der Waals surface area contributed by atoms with Crippen LogP contribution in [-0.2, 0) is 4.79 Å². The summed E-state index contributed by atoms with van der Waals surface area (Å²) in [7, 11) is 1.96. The molecule has 1 N–H and O–H groups in total. The second-order valence-electron chi connectivity index (χ2n) is 8.24. The molecular formula is C28H37N3O. The molecule has 1 fully saturated rings. The molecule has 2 aliphatic rings. The van der Waals surface area contributed by atoms with Gasteiger partial charge in [0.25, 0.3) is 0 Å². The van der Waals surface area contributed by atoms with E-state index >= 15 is 0 Å². The largest absolute Gasteiger partial charge is 0.373 e. The van der Waals surface area contributed by atoms with Crippen molar-refractivity contribution in [2.24, 2.45) is 0 Å². The number of carbonyl (C=O) groups excluding carboxylic acids is 1. The van der Waals surface area contributed by atoms with Gasteiger partial charge in [-0.3, -0.25) is 10.2 Å². The Labute approximate surface area is 193 Å². The lowest BCUT2D eigenvalue weighted by molar-refractivity contribution is -0.117. The van der Waals surface area contributed by atoms with Crippen LogP contribution in [-0.4, -0.2) is 48.1 Å². The standard InChI is InChI=1S/C18H20O.C10H17N3/c1-4-6-8-11-16(5-2)18(14-15(3)19)17-12-9-7-10-13-17;1-12(8-11)9-7-10(9)13-5-3-2-4-6-13/h4-13,18H,1-2,14H2,3H3;7-9,11H,2-6H2,1H3/b8-6-,16-11+;. The van der Waals surface area contributed by atoms with Gasteiger partial charge in [0.2, 0.25) is 0 Å². The fourth-order valence-corrected chi connectivity index (χ4v) is 3.94. The average molecular weight is 432 g/mol. The number of nitrogens with one attached hydrogen (secondary N) is 1. The van der Waals surface area contributed by atoms with E-state index in [2.05, 4.69) is 24.1 Å². The third-order valence-electron chi connectivity index (χ3n) is 5.75. The predicted molar refractivity (Wildman–Crippen MR) is 136 cm³/mol. The summed E-state index contributed by atoms with van der Waals surface area (Å²) in [5, 5.41) is 7.13. The smallest absolute Gasteiger partial charge is 0.130 e. The summed E-state index contributed by atoms with van der Waals surface area (Å²) < 4.78 is 0. The number of benzene rings is 1. The molecule has 4 heteroatoms. The molecule has 1 heterocycles. The topological polar surface area (TPSA) is 47.4 Å². The summed E-state index contributed by atoms with van der Waals surface area (Å²) in [6.45, 7) is 11.5. The number of Topliss-reactive ketones (excluding diaryl/α,β-unsaturated/α-hetero) is 1. The molecule has 1 aromatic rings. The predicted octanol–water partition coefficient (Wildman–Crippen LogP) is 5.88. The van der Waals surface area contributed by atoms with Gasteiger partial charge in [-0.2, -0.15) is 0 Å². The maximum Gasteiger partial charge on any atom is 0.130 e. The molecule has 0 spiro atoms. The third kappa shape index (κ3) is 7.84. The first-order valence-electron chi connectivity index (χ1n) is 11.4. The number of piperidine rings is 1. The maximum absolute atomic E-state index is 11.5. The fourth-order valence-electron chi connectivity index (χ4n) is 3.94. The molecule has 0 saturated carbocycles. The van der Waals surface area contributed by atoms with Gasteiger partial charge in [-0.05, 0) is 43.4 Å². The zero-order valence-electron chi connectivity index (χ0n) is 19.5. The Morgan fingerprint density at radius 2 is 1.88 bits per heavy atom. The van der Waals surface area contributed by atoms with E-state index in [0.29, 0.717) is 12.5 Å². The van der Waals surface area contributed by atoms with Crippen molar-refractivity contribution in [1.82, 2.24) is 9.80 Å². The summed E-state index contributed by atoms with van der Waals surface area (Å²) >= 11 is 0. The van der Waals surface area contributed by atoms with Crippen molar-refractivity contribution in [3.05, 3.63) is 96.8 Å². The average Bonchev–Trinajstić information content (AvgIpc) is 3.63. The molecule has 1 aliphatic heterocycles. The number of ketones is 1. The number of carbonyl (C=O) groups is 1. The van der Waals surface area contributed by atoms with Crippen LogP contribution in [0.3, 0.4) is 0 Å². The first-order chi connectivity index (χ1) is 15.5. The third-order valence-corrected chi connectivity index (χ3v) is 5.75. The Bertz CT molecular complexity index is 860. The lowest BCUT2D eigenvalue weighted by atomic mass is 9.86. The Hall–Kier alpha value is -3.14. The van der Waals surface area contributed by atoms with Gasteiger partial charge in [0, 0.05) is 38.2 Å². The molecule has 1 aliphatic carbocycles. The van der Waals surface area contributed by atoms with Crippen LogP contribution in [0.1, 0.15) is 44.1 Å². The number of likely N-dealkylation sites (tertiary alicyclic amines) is 1. The minimum atomic E-state index is 0.0608. The van der Waals surface area contributed by atoms with Crippen LogP contribution in [0.2, 0.25) is 0 Å². The van der Waals surface area contributed by atoms with E-state index in [4.69, 9.17) is 5.41 Å². The van der Waals surface area contributed by atoms with Gasteiger partial charge in [-0.25, -0.2) is 0 Å². The number of allylic oxidation sites excluding steroid dienone is 6. The minimum absolute atomic E-state index is 0.0608. The van der Waals surface area contributed by atoms with Gasteiger partial charge in [-0.15, -0.1) is 0 Å². The second kappa shape index (κ2) is 13.3.